The Labute approximate surface area is 135 Å². The molecule has 4 heteroatoms. The van der Waals surface area contributed by atoms with Gasteiger partial charge in [-0.1, -0.05) is 30.3 Å². The number of amides is 1. The number of hydrogen-bond donors (Lipinski definition) is 0. The summed E-state index contributed by atoms with van der Waals surface area (Å²) in [5.41, 5.74) is 0.961. The Bertz CT molecular complexity index is 649. The minimum Gasteiger partial charge on any atom is -0.341 e. The summed E-state index contributed by atoms with van der Waals surface area (Å²) in [6.07, 6.45) is 6.09. The predicted molar refractivity (Wildman–Crippen MR) is 88.0 cm³/mol. The molecule has 2 aliphatic rings. The Hall–Kier alpha value is -1.68. The largest absolute Gasteiger partial charge is 0.341 e. The molecule has 1 aliphatic carbocycles. The first-order valence-electron chi connectivity index (χ1n) is 8.04. The van der Waals surface area contributed by atoms with Crippen LogP contribution in [0.4, 0.5) is 0 Å². The second-order valence-corrected chi connectivity index (χ2v) is 7.33. The van der Waals surface area contributed by atoms with Crippen molar-refractivity contribution in [3.8, 4) is 0 Å². The second kappa shape index (κ2) is 5.51. The molecule has 1 amide bonds. The first kappa shape index (κ1) is 13.9. The van der Waals surface area contributed by atoms with Crippen molar-refractivity contribution in [1.29, 1.82) is 0 Å². The minimum absolute atomic E-state index is 0.230. The van der Waals surface area contributed by atoms with Crippen LogP contribution in [0.5, 0.6) is 0 Å². The van der Waals surface area contributed by atoms with Gasteiger partial charge in [-0.2, -0.15) is 0 Å². The maximum absolute atomic E-state index is 13.1. The van der Waals surface area contributed by atoms with Gasteiger partial charge in [0.2, 0.25) is 5.91 Å². The number of hydrogen-bond acceptors (Lipinski definition) is 3. The normalized spacial score (nSPS) is 23.3. The molecule has 114 valence electrons. The molecule has 4 rings (SSSR count). The molecular weight excluding hydrogens is 292 g/mol. The zero-order valence-corrected chi connectivity index (χ0v) is 13.4. The van der Waals surface area contributed by atoms with Gasteiger partial charge >= 0.3 is 0 Å². The number of benzene rings is 1. The lowest BCUT2D eigenvalue weighted by molar-refractivity contribution is -0.135. The number of carbonyl (C=O) groups is 1. The number of piperidine rings is 1. The van der Waals surface area contributed by atoms with Crippen LogP contribution in [0.1, 0.15) is 42.2 Å². The summed E-state index contributed by atoms with van der Waals surface area (Å²) < 4.78 is 0. The zero-order chi connectivity index (χ0) is 15.0. The third-order valence-corrected chi connectivity index (χ3v) is 5.93. The summed E-state index contributed by atoms with van der Waals surface area (Å²) in [4.78, 5) is 19.6. The number of likely N-dealkylation sites (tertiary alicyclic amines) is 1. The smallest absolute Gasteiger partial charge is 0.233 e. The molecule has 22 heavy (non-hydrogen) atoms. The third-order valence-electron chi connectivity index (χ3n) is 5.00. The number of rotatable bonds is 3. The monoisotopic (exact) mass is 312 g/mol. The number of nitrogens with zero attached hydrogens (tertiary/aromatic N) is 2. The summed E-state index contributed by atoms with van der Waals surface area (Å²) >= 11 is 1.71. The summed E-state index contributed by atoms with van der Waals surface area (Å²) in [7, 11) is 0. The van der Waals surface area contributed by atoms with Gasteiger partial charge in [-0.25, -0.2) is 4.98 Å². The summed E-state index contributed by atoms with van der Waals surface area (Å²) in [6.45, 7) is 1.73. The van der Waals surface area contributed by atoms with E-state index in [0.717, 1.165) is 38.8 Å². The van der Waals surface area contributed by atoms with Crippen LogP contribution in [0.2, 0.25) is 0 Å². The van der Waals surface area contributed by atoms with Gasteiger partial charge in [-0.15, -0.1) is 11.3 Å². The molecule has 1 aromatic heterocycles. The minimum atomic E-state index is -0.230. The van der Waals surface area contributed by atoms with Crippen molar-refractivity contribution >= 4 is 17.2 Å². The van der Waals surface area contributed by atoms with Gasteiger partial charge in [0.05, 0.1) is 10.4 Å². The number of carbonyl (C=O) groups excluding carboxylic acids is 1. The lowest BCUT2D eigenvalue weighted by atomic mass is 9.91. The Balaban J connectivity index is 1.53. The van der Waals surface area contributed by atoms with Crippen LogP contribution in [0.25, 0.3) is 0 Å². The molecule has 0 radical (unpaired) electrons. The molecule has 1 aliphatic heterocycles. The molecule has 1 saturated carbocycles. The molecule has 2 fully saturated rings. The van der Waals surface area contributed by atoms with Crippen LogP contribution >= 0.6 is 11.3 Å². The fraction of sp³-hybridized carbons (Fsp3) is 0.444. The van der Waals surface area contributed by atoms with Crippen molar-refractivity contribution in [2.24, 2.45) is 0 Å². The molecule has 0 unspecified atom stereocenters. The molecule has 0 bridgehead atoms. The van der Waals surface area contributed by atoms with Gasteiger partial charge < -0.3 is 4.90 Å². The van der Waals surface area contributed by atoms with Gasteiger partial charge in [-0.05, 0) is 31.2 Å². The van der Waals surface area contributed by atoms with Gasteiger partial charge in [0.25, 0.3) is 0 Å². The van der Waals surface area contributed by atoms with E-state index in [9.17, 15) is 4.79 Å². The first-order chi connectivity index (χ1) is 10.8. The first-order valence-corrected chi connectivity index (χ1v) is 8.92. The van der Waals surface area contributed by atoms with Crippen molar-refractivity contribution in [1.82, 2.24) is 9.88 Å². The van der Waals surface area contributed by atoms with Crippen LogP contribution in [-0.2, 0) is 10.2 Å². The predicted octanol–water partition coefficient (Wildman–Crippen LogP) is 3.58. The fourth-order valence-corrected chi connectivity index (χ4v) is 4.38. The van der Waals surface area contributed by atoms with Crippen molar-refractivity contribution in [3.63, 3.8) is 0 Å². The van der Waals surface area contributed by atoms with E-state index in [4.69, 9.17) is 0 Å². The van der Waals surface area contributed by atoms with Crippen LogP contribution in [0.3, 0.4) is 0 Å². The highest BCUT2D eigenvalue weighted by Crippen LogP contribution is 2.50. The van der Waals surface area contributed by atoms with Crippen molar-refractivity contribution in [2.75, 3.05) is 13.1 Å². The lowest BCUT2D eigenvalue weighted by Crippen LogP contribution is -2.44. The second-order valence-electron chi connectivity index (χ2n) is 6.41. The molecule has 2 aromatic rings. The highest BCUT2D eigenvalue weighted by Gasteiger charge is 2.53. The van der Waals surface area contributed by atoms with E-state index in [1.165, 1.54) is 10.6 Å². The Kier molecular flexibility index (Phi) is 3.49. The van der Waals surface area contributed by atoms with E-state index in [-0.39, 0.29) is 5.41 Å². The third kappa shape index (κ3) is 2.35. The van der Waals surface area contributed by atoms with Gasteiger partial charge in [0, 0.05) is 30.6 Å². The van der Waals surface area contributed by atoms with E-state index in [0.29, 0.717) is 11.8 Å². The topological polar surface area (TPSA) is 33.2 Å². The van der Waals surface area contributed by atoms with E-state index in [1.807, 2.05) is 29.8 Å². The summed E-state index contributed by atoms with van der Waals surface area (Å²) in [6, 6.07) is 10.3. The van der Waals surface area contributed by atoms with Crippen LogP contribution in [0, 0.1) is 0 Å². The molecule has 0 spiro atoms. The maximum atomic E-state index is 13.1. The van der Waals surface area contributed by atoms with E-state index in [2.05, 4.69) is 22.0 Å². The Morgan fingerprint density at radius 3 is 2.77 bits per heavy atom. The highest BCUT2D eigenvalue weighted by atomic mass is 32.1. The van der Waals surface area contributed by atoms with Crippen LogP contribution in [-0.4, -0.2) is 28.9 Å². The van der Waals surface area contributed by atoms with E-state index < -0.39 is 0 Å². The average molecular weight is 312 g/mol. The van der Waals surface area contributed by atoms with Gasteiger partial charge in [0.15, 0.2) is 0 Å². The van der Waals surface area contributed by atoms with Crippen LogP contribution in [0.15, 0.2) is 41.9 Å². The van der Waals surface area contributed by atoms with Crippen molar-refractivity contribution in [3.05, 3.63) is 52.5 Å². The fourth-order valence-electron chi connectivity index (χ4n) is 3.61. The average Bonchev–Trinajstić information content (AvgIpc) is 3.21. The molecule has 0 N–H and O–H groups in total. The highest BCUT2D eigenvalue weighted by molar-refractivity contribution is 7.09. The van der Waals surface area contributed by atoms with Crippen molar-refractivity contribution in [2.45, 2.75) is 37.0 Å². The van der Waals surface area contributed by atoms with Gasteiger partial charge in [-0.3, -0.25) is 4.79 Å². The molecular formula is C18H20N2OS. The quantitative estimate of drug-likeness (QED) is 0.868. The number of thiazole rings is 1. The Morgan fingerprint density at radius 2 is 2.09 bits per heavy atom. The molecule has 3 nitrogen and oxygen atoms in total. The molecule has 1 aromatic carbocycles. The van der Waals surface area contributed by atoms with Crippen LogP contribution < -0.4 is 0 Å². The lowest BCUT2D eigenvalue weighted by Gasteiger charge is -2.34. The SMILES string of the molecule is O=C(N1CCC[C@@H](c2nccs2)C1)C1(c2ccccc2)CC1. The standard InChI is InChI=1S/C18H20N2OS/c21-17(18(8-9-18)15-6-2-1-3-7-15)20-11-4-5-14(13-20)16-19-10-12-22-16/h1-3,6-7,10,12,14H,4-5,8-9,11,13H2/t14-/m1/s1. The van der Waals surface area contributed by atoms with E-state index in [1.54, 1.807) is 11.3 Å². The summed E-state index contributed by atoms with van der Waals surface area (Å²) in [5, 5.41) is 3.21. The number of aromatic nitrogens is 1. The molecule has 2 heterocycles. The molecule has 1 saturated heterocycles. The van der Waals surface area contributed by atoms with Gasteiger partial charge in [0.1, 0.15) is 0 Å². The summed E-state index contributed by atoms with van der Waals surface area (Å²) in [5.74, 6) is 0.754. The maximum Gasteiger partial charge on any atom is 0.233 e. The molecule has 1 atom stereocenters. The zero-order valence-electron chi connectivity index (χ0n) is 12.6. The Morgan fingerprint density at radius 1 is 1.27 bits per heavy atom. The van der Waals surface area contributed by atoms with Crippen molar-refractivity contribution < 1.29 is 4.79 Å². The van der Waals surface area contributed by atoms with E-state index >= 15 is 0 Å².